The molecule has 0 spiro atoms. The minimum atomic E-state index is -0.350. The molecule has 2 aromatic rings. The molecule has 1 N–H and O–H groups in total. The number of carbonyl (C=O) groups is 2. The number of nitrogens with one attached hydrogen (secondary N) is 1. The number of ether oxygens (including phenoxy) is 1. The van der Waals surface area contributed by atoms with E-state index in [0.717, 1.165) is 43.4 Å². The van der Waals surface area contributed by atoms with Crippen molar-refractivity contribution in [3.05, 3.63) is 58.4 Å². The van der Waals surface area contributed by atoms with Crippen LogP contribution in [0.15, 0.2) is 30.3 Å². The normalized spacial score (nSPS) is 16.4. The van der Waals surface area contributed by atoms with Crippen molar-refractivity contribution in [2.45, 2.75) is 58.3 Å². The number of esters is 1. The van der Waals surface area contributed by atoms with E-state index in [1.165, 1.54) is 5.56 Å². The first-order valence-electron chi connectivity index (χ1n) is 9.58. The molecule has 0 aliphatic heterocycles. The average molecular weight is 353 g/mol. The second-order valence-electron chi connectivity index (χ2n) is 7.11. The fourth-order valence-corrected chi connectivity index (χ4v) is 3.76. The van der Waals surface area contributed by atoms with Gasteiger partial charge in [-0.1, -0.05) is 56.5 Å². The Morgan fingerprint density at radius 2 is 1.92 bits per heavy atom. The molecule has 1 atom stereocenters. The van der Waals surface area contributed by atoms with E-state index in [4.69, 9.17) is 4.74 Å². The van der Waals surface area contributed by atoms with Gasteiger partial charge >= 0.3 is 5.97 Å². The third-order valence-electron chi connectivity index (χ3n) is 5.19. The van der Waals surface area contributed by atoms with E-state index in [1.807, 2.05) is 25.1 Å². The summed E-state index contributed by atoms with van der Waals surface area (Å²) < 4.78 is 5.40. The Bertz CT molecular complexity index is 776. The highest BCUT2D eigenvalue weighted by Crippen LogP contribution is 2.35. The first-order chi connectivity index (χ1) is 12.6. The Balaban J connectivity index is 1.72. The van der Waals surface area contributed by atoms with Gasteiger partial charge in [0.05, 0.1) is 6.61 Å². The summed E-state index contributed by atoms with van der Waals surface area (Å²) in [6.07, 6.45) is 5.50. The van der Waals surface area contributed by atoms with Crippen molar-refractivity contribution in [3.8, 4) is 0 Å². The predicted octanol–water partition coefficient (Wildman–Crippen LogP) is 4.97. The summed E-state index contributed by atoms with van der Waals surface area (Å²) in [6.45, 7) is 4.42. The van der Waals surface area contributed by atoms with Crippen molar-refractivity contribution < 1.29 is 14.3 Å². The van der Waals surface area contributed by atoms with Crippen LogP contribution < -0.4 is 0 Å². The maximum absolute atomic E-state index is 12.7. The number of hydrogen-bond donors (Lipinski definition) is 1. The van der Waals surface area contributed by atoms with Crippen LogP contribution in [0.5, 0.6) is 0 Å². The number of unbranched alkanes of at least 4 members (excludes halogenated alkanes) is 3. The number of ketones is 1. The van der Waals surface area contributed by atoms with Crippen LogP contribution in [0, 0.1) is 6.92 Å². The van der Waals surface area contributed by atoms with Crippen LogP contribution in [0.25, 0.3) is 0 Å². The minimum Gasteiger partial charge on any atom is -0.461 e. The highest BCUT2D eigenvalue weighted by atomic mass is 16.5. The smallest absolute Gasteiger partial charge is 0.355 e. The highest BCUT2D eigenvalue weighted by Gasteiger charge is 2.32. The van der Waals surface area contributed by atoms with Crippen LogP contribution in [0.4, 0.5) is 0 Å². The van der Waals surface area contributed by atoms with Gasteiger partial charge in [0.2, 0.25) is 0 Å². The molecule has 0 unspecified atom stereocenters. The molecule has 138 valence electrons. The van der Waals surface area contributed by atoms with Gasteiger partial charge in [-0.05, 0) is 36.8 Å². The van der Waals surface area contributed by atoms with Gasteiger partial charge in [0.15, 0.2) is 5.78 Å². The molecule has 1 aliphatic rings. The van der Waals surface area contributed by atoms with E-state index < -0.39 is 0 Å². The summed E-state index contributed by atoms with van der Waals surface area (Å²) in [7, 11) is 0. The van der Waals surface area contributed by atoms with Gasteiger partial charge < -0.3 is 9.72 Å². The van der Waals surface area contributed by atoms with Crippen LogP contribution in [-0.4, -0.2) is 23.3 Å². The van der Waals surface area contributed by atoms with E-state index in [0.29, 0.717) is 24.3 Å². The number of aromatic amines is 1. The van der Waals surface area contributed by atoms with E-state index in [-0.39, 0.29) is 17.7 Å². The first kappa shape index (κ1) is 18.4. The Morgan fingerprint density at radius 3 is 2.65 bits per heavy atom. The van der Waals surface area contributed by atoms with Crippen LogP contribution in [0.1, 0.15) is 82.6 Å². The van der Waals surface area contributed by atoms with Crippen LogP contribution in [-0.2, 0) is 11.2 Å². The van der Waals surface area contributed by atoms with Gasteiger partial charge in [0.1, 0.15) is 5.69 Å². The molecule has 1 aliphatic carbocycles. The van der Waals surface area contributed by atoms with Crippen LogP contribution in [0.2, 0.25) is 0 Å². The largest absolute Gasteiger partial charge is 0.461 e. The molecule has 0 saturated carbocycles. The number of aromatic nitrogens is 1. The molecular formula is C22H27NO3. The summed E-state index contributed by atoms with van der Waals surface area (Å²) in [5.41, 5.74) is 3.89. The standard InChI is InChI=1S/C22H27NO3/c1-3-4-5-9-12-26-22(25)21-15(2)20-18(23-21)13-17(14-19(20)24)16-10-7-6-8-11-16/h6-8,10-11,17,23H,3-5,9,12-14H2,1-2H3/t17-/m0/s1. The zero-order chi connectivity index (χ0) is 18.5. The lowest BCUT2D eigenvalue weighted by Crippen LogP contribution is -2.18. The number of carbonyl (C=O) groups excluding carboxylic acids is 2. The second kappa shape index (κ2) is 8.35. The molecule has 0 amide bonds. The number of hydrogen-bond acceptors (Lipinski definition) is 3. The van der Waals surface area contributed by atoms with Gasteiger partial charge in [-0.2, -0.15) is 0 Å². The molecule has 26 heavy (non-hydrogen) atoms. The van der Waals surface area contributed by atoms with E-state index in [1.54, 1.807) is 0 Å². The van der Waals surface area contributed by atoms with Crippen molar-refractivity contribution in [2.75, 3.05) is 6.61 Å². The Hall–Kier alpha value is -2.36. The third-order valence-corrected chi connectivity index (χ3v) is 5.19. The maximum atomic E-state index is 12.7. The minimum absolute atomic E-state index is 0.107. The number of rotatable bonds is 7. The van der Waals surface area contributed by atoms with Crippen molar-refractivity contribution in [1.29, 1.82) is 0 Å². The number of benzene rings is 1. The lowest BCUT2D eigenvalue weighted by atomic mass is 9.81. The monoisotopic (exact) mass is 353 g/mol. The molecule has 0 radical (unpaired) electrons. The molecule has 0 saturated heterocycles. The number of fused-ring (bicyclic) bond motifs is 1. The summed E-state index contributed by atoms with van der Waals surface area (Å²) in [5, 5.41) is 0. The van der Waals surface area contributed by atoms with Gasteiger partial charge in [0.25, 0.3) is 0 Å². The molecule has 1 aromatic heterocycles. The zero-order valence-corrected chi connectivity index (χ0v) is 15.6. The highest BCUT2D eigenvalue weighted by molar-refractivity contribution is 6.03. The van der Waals surface area contributed by atoms with E-state index >= 15 is 0 Å². The van der Waals surface area contributed by atoms with E-state index in [9.17, 15) is 9.59 Å². The topological polar surface area (TPSA) is 59.2 Å². The Labute approximate surface area is 155 Å². The van der Waals surface area contributed by atoms with Crippen LogP contribution in [0.3, 0.4) is 0 Å². The molecule has 3 rings (SSSR count). The van der Waals surface area contributed by atoms with Gasteiger partial charge in [-0.15, -0.1) is 0 Å². The van der Waals surface area contributed by atoms with Crippen molar-refractivity contribution in [3.63, 3.8) is 0 Å². The molecule has 4 nitrogen and oxygen atoms in total. The van der Waals surface area contributed by atoms with Gasteiger partial charge in [-0.3, -0.25) is 4.79 Å². The molecule has 1 aromatic carbocycles. The van der Waals surface area contributed by atoms with Gasteiger partial charge in [-0.25, -0.2) is 4.79 Å². The molecular weight excluding hydrogens is 326 g/mol. The molecule has 0 bridgehead atoms. The number of Topliss-reactive ketones (excluding diaryl/α,β-unsaturated/α-hetero) is 1. The summed E-state index contributed by atoms with van der Waals surface area (Å²) in [4.78, 5) is 28.3. The SMILES string of the molecule is CCCCCCOC(=O)c1[nH]c2c(c1C)C(=O)C[C@@H](c1ccccc1)C2. The predicted molar refractivity (Wildman–Crippen MR) is 102 cm³/mol. The van der Waals surface area contributed by atoms with Crippen molar-refractivity contribution in [1.82, 2.24) is 4.98 Å². The fraction of sp³-hybridized carbons (Fsp3) is 0.455. The molecule has 0 fully saturated rings. The van der Waals surface area contributed by atoms with Crippen molar-refractivity contribution >= 4 is 11.8 Å². The second-order valence-corrected chi connectivity index (χ2v) is 7.11. The summed E-state index contributed by atoms with van der Waals surface area (Å²) >= 11 is 0. The third kappa shape index (κ3) is 3.90. The molecule has 4 heteroatoms. The Morgan fingerprint density at radius 1 is 1.15 bits per heavy atom. The maximum Gasteiger partial charge on any atom is 0.355 e. The quantitative estimate of drug-likeness (QED) is 0.564. The lowest BCUT2D eigenvalue weighted by molar-refractivity contribution is 0.0490. The fourth-order valence-electron chi connectivity index (χ4n) is 3.76. The van der Waals surface area contributed by atoms with Crippen LogP contribution >= 0.6 is 0 Å². The zero-order valence-electron chi connectivity index (χ0n) is 15.6. The average Bonchev–Trinajstić information content (AvgIpc) is 2.99. The Kier molecular flexibility index (Phi) is 5.92. The van der Waals surface area contributed by atoms with Crippen molar-refractivity contribution in [2.24, 2.45) is 0 Å². The lowest BCUT2D eigenvalue weighted by Gasteiger charge is -2.22. The first-order valence-corrected chi connectivity index (χ1v) is 9.58. The summed E-state index contributed by atoms with van der Waals surface area (Å²) in [6, 6.07) is 10.1. The molecule has 1 heterocycles. The number of H-pyrrole nitrogens is 1. The van der Waals surface area contributed by atoms with Gasteiger partial charge in [0, 0.05) is 17.7 Å². The van der Waals surface area contributed by atoms with E-state index in [2.05, 4.69) is 24.0 Å². The summed E-state index contributed by atoms with van der Waals surface area (Å²) in [5.74, 6) is -0.0829.